The summed E-state index contributed by atoms with van der Waals surface area (Å²) in [5.74, 6) is -0.161. The Labute approximate surface area is 130 Å². The standard InChI is InChI=1S/C15H21FN2O2.ClH/c1-11-9-18(15(19)3-2-8-17)10-14(20-11)12-4-6-13(16)7-5-12;/h4-7,11,14H,2-3,8-10,17H2,1H3;1H. The van der Waals surface area contributed by atoms with E-state index < -0.39 is 0 Å². The zero-order valence-electron chi connectivity index (χ0n) is 12.1. The van der Waals surface area contributed by atoms with Gasteiger partial charge in [-0.2, -0.15) is 0 Å². The van der Waals surface area contributed by atoms with Crippen LogP contribution in [0.25, 0.3) is 0 Å². The van der Waals surface area contributed by atoms with Crippen LogP contribution in [-0.4, -0.2) is 36.5 Å². The molecule has 0 saturated carbocycles. The molecule has 1 amide bonds. The molecular formula is C15H22ClFN2O2. The third-order valence-electron chi connectivity index (χ3n) is 3.45. The van der Waals surface area contributed by atoms with Crippen molar-refractivity contribution < 1.29 is 13.9 Å². The van der Waals surface area contributed by atoms with Crippen LogP contribution in [0.5, 0.6) is 0 Å². The van der Waals surface area contributed by atoms with Crippen LogP contribution in [0.15, 0.2) is 24.3 Å². The first kappa shape index (κ1) is 17.9. The molecule has 1 aromatic rings. The number of nitrogens with zero attached hydrogens (tertiary/aromatic N) is 1. The van der Waals surface area contributed by atoms with Gasteiger partial charge in [-0.05, 0) is 37.6 Å². The Morgan fingerprint density at radius 2 is 2.05 bits per heavy atom. The van der Waals surface area contributed by atoms with Crippen LogP contribution in [0.4, 0.5) is 4.39 Å². The number of hydrogen-bond donors (Lipinski definition) is 1. The van der Waals surface area contributed by atoms with Gasteiger partial charge in [-0.1, -0.05) is 12.1 Å². The van der Waals surface area contributed by atoms with E-state index in [1.165, 1.54) is 12.1 Å². The molecule has 6 heteroatoms. The fraction of sp³-hybridized carbons (Fsp3) is 0.533. The lowest BCUT2D eigenvalue weighted by atomic mass is 10.1. The van der Waals surface area contributed by atoms with Crippen molar-refractivity contribution in [2.24, 2.45) is 5.73 Å². The molecule has 0 aliphatic carbocycles. The van der Waals surface area contributed by atoms with Gasteiger partial charge in [0, 0.05) is 13.0 Å². The molecule has 1 fully saturated rings. The summed E-state index contributed by atoms with van der Waals surface area (Å²) >= 11 is 0. The molecule has 2 rings (SSSR count). The summed E-state index contributed by atoms with van der Waals surface area (Å²) in [4.78, 5) is 13.9. The molecule has 21 heavy (non-hydrogen) atoms. The smallest absolute Gasteiger partial charge is 0.222 e. The average Bonchev–Trinajstić information content (AvgIpc) is 2.44. The van der Waals surface area contributed by atoms with Crippen LogP contribution in [-0.2, 0) is 9.53 Å². The third kappa shape index (κ3) is 4.95. The minimum absolute atomic E-state index is 0. The number of morpholine rings is 1. The van der Waals surface area contributed by atoms with Crippen LogP contribution in [0.2, 0.25) is 0 Å². The van der Waals surface area contributed by atoms with E-state index in [2.05, 4.69) is 0 Å². The molecule has 1 aliphatic heterocycles. The van der Waals surface area contributed by atoms with Crippen molar-refractivity contribution in [1.29, 1.82) is 0 Å². The average molecular weight is 317 g/mol. The third-order valence-corrected chi connectivity index (χ3v) is 3.45. The van der Waals surface area contributed by atoms with Gasteiger partial charge in [-0.25, -0.2) is 4.39 Å². The predicted octanol–water partition coefficient (Wildman–Crippen LogP) is 2.27. The maximum atomic E-state index is 13.0. The van der Waals surface area contributed by atoms with Gasteiger partial charge in [0.25, 0.3) is 0 Å². The first-order valence-electron chi connectivity index (χ1n) is 6.99. The molecule has 0 radical (unpaired) electrons. The number of ether oxygens (including phenoxy) is 1. The second kappa shape index (κ2) is 8.32. The Hall–Kier alpha value is -1.17. The molecular weight excluding hydrogens is 295 g/mol. The van der Waals surface area contributed by atoms with Gasteiger partial charge in [0.2, 0.25) is 5.91 Å². The van der Waals surface area contributed by atoms with E-state index in [9.17, 15) is 9.18 Å². The highest BCUT2D eigenvalue weighted by molar-refractivity contribution is 5.85. The van der Waals surface area contributed by atoms with Gasteiger partial charge in [0.05, 0.1) is 12.6 Å². The van der Waals surface area contributed by atoms with E-state index in [1.807, 2.05) is 11.8 Å². The van der Waals surface area contributed by atoms with Crippen molar-refractivity contribution in [3.05, 3.63) is 35.6 Å². The first-order chi connectivity index (χ1) is 9.60. The van der Waals surface area contributed by atoms with Gasteiger partial charge in [0.15, 0.2) is 0 Å². The molecule has 1 heterocycles. The maximum absolute atomic E-state index is 13.0. The Morgan fingerprint density at radius 1 is 1.38 bits per heavy atom. The Bertz CT molecular complexity index is 455. The van der Waals surface area contributed by atoms with Crippen molar-refractivity contribution in [2.45, 2.75) is 32.0 Å². The first-order valence-corrected chi connectivity index (χ1v) is 6.99. The maximum Gasteiger partial charge on any atom is 0.222 e. The van der Waals surface area contributed by atoms with Crippen LogP contribution in [0, 0.1) is 5.82 Å². The molecule has 4 nitrogen and oxygen atoms in total. The highest BCUT2D eigenvalue weighted by atomic mass is 35.5. The minimum atomic E-state index is -0.270. The van der Waals surface area contributed by atoms with Crippen LogP contribution in [0.3, 0.4) is 0 Å². The summed E-state index contributed by atoms with van der Waals surface area (Å²) in [5, 5.41) is 0. The summed E-state index contributed by atoms with van der Waals surface area (Å²) in [7, 11) is 0. The Balaban J connectivity index is 0.00000220. The summed E-state index contributed by atoms with van der Waals surface area (Å²) < 4.78 is 18.8. The van der Waals surface area contributed by atoms with Crippen molar-refractivity contribution in [3.63, 3.8) is 0 Å². The lowest BCUT2D eigenvalue weighted by Crippen LogP contribution is -2.46. The van der Waals surface area contributed by atoms with Crippen molar-refractivity contribution in [1.82, 2.24) is 4.90 Å². The Kier molecular flexibility index (Phi) is 7.08. The molecule has 1 aromatic carbocycles. The van der Waals surface area contributed by atoms with E-state index in [4.69, 9.17) is 10.5 Å². The number of amides is 1. The number of carbonyl (C=O) groups excluding carboxylic acids is 1. The van der Waals surface area contributed by atoms with Gasteiger partial charge < -0.3 is 15.4 Å². The van der Waals surface area contributed by atoms with Gasteiger partial charge >= 0.3 is 0 Å². The second-order valence-corrected chi connectivity index (χ2v) is 5.18. The minimum Gasteiger partial charge on any atom is -0.367 e. The summed E-state index contributed by atoms with van der Waals surface area (Å²) in [5.41, 5.74) is 6.33. The monoisotopic (exact) mass is 316 g/mol. The number of rotatable bonds is 4. The van der Waals surface area contributed by atoms with Crippen LogP contribution >= 0.6 is 12.4 Å². The topological polar surface area (TPSA) is 55.6 Å². The Morgan fingerprint density at radius 3 is 2.67 bits per heavy atom. The summed E-state index contributed by atoms with van der Waals surface area (Å²) in [6, 6.07) is 6.25. The van der Waals surface area contributed by atoms with E-state index in [0.717, 1.165) is 5.56 Å². The second-order valence-electron chi connectivity index (χ2n) is 5.18. The van der Waals surface area contributed by atoms with Gasteiger partial charge in [-0.15, -0.1) is 12.4 Å². The SMILES string of the molecule is CC1CN(C(=O)CCCN)CC(c2ccc(F)cc2)O1.Cl. The van der Waals surface area contributed by atoms with Crippen molar-refractivity contribution in [2.75, 3.05) is 19.6 Å². The zero-order valence-corrected chi connectivity index (χ0v) is 12.9. The fourth-order valence-electron chi connectivity index (χ4n) is 2.43. The van der Waals surface area contributed by atoms with Crippen LogP contribution < -0.4 is 5.73 Å². The lowest BCUT2D eigenvalue weighted by molar-refractivity contribution is -0.145. The van der Waals surface area contributed by atoms with E-state index in [1.54, 1.807) is 12.1 Å². The number of carbonyl (C=O) groups is 1. The van der Waals surface area contributed by atoms with Gasteiger partial charge in [-0.3, -0.25) is 4.79 Å². The highest BCUT2D eigenvalue weighted by Gasteiger charge is 2.28. The molecule has 118 valence electrons. The van der Waals surface area contributed by atoms with Crippen molar-refractivity contribution >= 4 is 18.3 Å². The molecule has 1 saturated heterocycles. The lowest BCUT2D eigenvalue weighted by Gasteiger charge is -2.37. The fourth-order valence-corrected chi connectivity index (χ4v) is 2.43. The molecule has 2 unspecified atom stereocenters. The molecule has 2 N–H and O–H groups in total. The number of benzene rings is 1. The van der Waals surface area contributed by atoms with Crippen molar-refractivity contribution in [3.8, 4) is 0 Å². The number of hydrogen-bond acceptors (Lipinski definition) is 3. The summed E-state index contributed by atoms with van der Waals surface area (Å²) in [6.45, 7) is 3.58. The largest absolute Gasteiger partial charge is 0.367 e. The van der Waals surface area contributed by atoms with E-state index in [-0.39, 0.29) is 36.3 Å². The normalized spacial score (nSPS) is 21.8. The van der Waals surface area contributed by atoms with Gasteiger partial charge in [0.1, 0.15) is 11.9 Å². The molecule has 1 aliphatic rings. The quantitative estimate of drug-likeness (QED) is 0.927. The molecule has 2 atom stereocenters. The molecule has 0 bridgehead atoms. The van der Waals surface area contributed by atoms with Crippen LogP contribution in [0.1, 0.15) is 31.4 Å². The summed E-state index contributed by atoms with van der Waals surface area (Å²) in [6.07, 6.45) is 0.951. The van der Waals surface area contributed by atoms with E-state index >= 15 is 0 Å². The molecule has 0 aromatic heterocycles. The zero-order chi connectivity index (χ0) is 14.5. The predicted molar refractivity (Wildman–Crippen MR) is 81.8 cm³/mol. The highest BCUT2D eigenvalue weighted by Crippen LogP contribution is 2.25. The van der Waals surface area contributed by atoms with E-state index in [0.29, 0.717) is 32.5 Å². The number of nitrogens with two attached hydrogens (primary N) is 1. The number of halogens is 2. The molecule has 0 spiro atoms.